The van der Waals surface area contributed by atoms with Crippen molar-refractivity contribution in [2.45, 2.75) is 36.4 Å². The third-order valence-corrected chi connectivity index (χ3v) is 4.95. The summed E-state index contributed by atoms with van der Waals surface area (Å²) in [5.41, 5.74) is 0.970. The Kier molecular flexibility index (Phi) is 5.20. The van der Waals surface area contributed by atoms with Crippen LogP contribution in [0, 0.1) is 0 Å². The molecule has 0 bridgehead atoms. The van der Waals surface area contributed by atoms with Gasteiger partial charge in [0, 0.05) is 11.1 Å². The van der Waals surface area contributed by atoms with Gasteiger partial charge < -0.3 is 0 Å². The number of hydrogen-bond acceptors (Lipinski definition) is 4. The minimum absolute atomic E-state index is 0.196. The van der Waals surface area contributed by atoms with E-state index in [1.165, 1.54) is 11.3 Å². The molecule has 18 heavy (non-hydrogen) atoms. The summed E-state index contributed by atoms with van der Waals surface area (Å²) in [6, 6.07) is 0. The number of thiazole rings is 1. The Morgan fingerprint density at radius 3 is 3.06 bits per heavy atom. The molecule has 1 aromatic rings. The lowest BCUT2D eigenvalue weighted by molar-refractivity contribution is -0.111. The number of hydrogen-bond donors (Lipinski definition) is 0. The third kappa shape index (κ3) is 3.82. The summed E-state index contributed by atoms with van der Waals surface area (Å²) in [5, 5.41) is 0. The number of nitrogens with zero attached hydrogens (tertiary/aromatic N) is 1. The lowest BCUT2D eigenvalue weighted by atomic mass is 10.1. The standard InChI is InChI=1S/C14H17NOS2/c1-17-14-15-10-12(18-14)8-4-2-3-6-11-7-5-9-13(11)16/h5-6,9-10H,2-4,7-8H2,1H3/b11-6+. The average Bonchev–Trinajstić information content (AvgIpc) is 2.98. The first-order valence-corrected chi connectivity index (χ1v) is 8.22. The number of carbonyl (C=O) groups is 1. The molecule has 0 saturated carbocycles. The van der Waals surface area contributed by atoms with Gasteiger partial charge in [0.05, 0.1) is 0 Å². The van der Waals surface area contributed by atoms with Gasteiger partial charge >= 0.3 is 0 Å². The molecule has 2 rings (SSSR count). The van der Waals surface area contributed by atoms with Crippen LogP contribution in [-0.4, -0.2) is 17.0 Å². The molecule has 0 N–H and O–H groups in total. The van der Waals surface area contributed by atoms with Crippen LogP contribution in [0.4, 0.5) is 0 Å². The van der Waals surface area contributed by atoms with E-state index in [1.807, 2.05) is 12.3 Å². The second-order valence-corrected chi connectivity index (χ2v) is 6.41. The number of unbranched alkanes of at least 4 members (excludes halogenated alkanes) is 2. The fraction of sp³-hybridized carbons (Fsp3) is 0.429. The van der Waals surface area contributed by atoms with Gasteiger partial charge in [-0.25, -0.2) is 4.98 Å². The molecule has 2 nitrogen and oxygen atoms in total. The van der Waals surface area contributed by atoms with E-state index in [2.05, 4.69) is 17.3 Å². The molecule has 0 fully saturated rings. The number of aryl methyl sites for hydroxylation is 1. The van der Waals surface area contributed by atoms with Crippen LogP contribution in [0.25, 0.3) is 0 Å². The van der Waals surface area contributed by atoms with Gasteiger partial charge in [-0.05, 0) is 50.0 Å². The summed E-state index contributed by atoms with van der Waals surface area (Å²) in [6.07, 6.45) is 15.0. The molecule has 0 amide bonds. The van der Waals surface area contributed by atoms with Gasteiger partial charge in [-0.2, -0.15) is 0 Å². The molecule has 0 saturated heterocycles. The van der Waals surface area contributed by atoms with Gasteiger partial charge in [-0.3, -0.25) is 4.79 Å². The van der Waals surface area contributed by atoms with Crippen molar-refractivity contribution in [3.63, 3.8) is 0 Å². The third-order valence-electron chi connectivity index (χ3n) is 2.90. The zero-order valence-electron chi connectivity index (χ0n) is 10.5. The fourth-order valence-corrected chi connectivity index (χ4v) is 3.40. The van der Waals surface area contributed by atoms with E-state index >= 15 is 0 Å². The van der Waals surface area contributed by atoms with Gasteiger partial charge in [0.2, 0.25) is 0 Å². The molecule has 0 spiro atoms. The van der Waals surface area contributed by atoms with E-state index in [0.717, 1.165) is 35.6 Å². The second-order valence-electron chi connectivity index (χ2n) is 4.24. The van der Waals surface area contributed by atoms with E-state index in [-0.39, 0.29) is 5.78 Å². The first-order chi connectivity index (χ1) is 8.79. The Morgan fingerprint density at radius 2 is 2.39 bits per heavy atom. The summed E-state index contributed by atoms with van der Waals surface area (Å²) in [6.45, 7) is 0. The zero-order valence-corrected chi connectivity index (χ0v) is 12.1. The van der Waals surface area contributed by atoms with Crippen molar-refractivity contribution in [1.82, 2.24) is 4.98 Å². The molecule has 4 heteroatoms. The molecule has 0 radical (unpaired) electrons. The number of ketones is 1. The van der Waals surface area contributed by atoms with E-state index < -0.39 is 0 Å². The molecule has 1 heterocycles. The minimum atomic E-state index is 0.196. The Hall–Kier alpha value is -0.870. The largest absolute Gasteiger partial charge is 0.290 e. The maximum absolute atomic E-state index is 11.3. The lowest BCUT2D eigenvalue weighted by Crippen LogP contribution is -1.91. The summed E-state index contributed by atoms with van der Waals surface area (Å²) in [5.74, 6) is 0.196. The summed E-state index contributed by atoms with van der Waals surface area (Å²) >= 11 is 3.49. The van der Waals surface area contributed by atoms with Crippen LogP contribution in [0.1, 0.15) is 30.6 Å². The molecule has 0 aliphatic heterocycles. The van der Waals surface area contributed by atoms with Gasteiger partial charge in [0.1, 0.15) is 4.34 Å². The number of aromatic nitrogens is 1. The van der Waals surface area contributed by atoms with Gasteiger partial charge in [-0.1, -0.05) is 23.9 Å². The number of thioether (sulfide) groups is 1. The monoisotopic (exact) mass is 279 g/mol. The zero-order chi connectivity index (χ0) is 12.8. The molecule has 1 aliphatic rings. The Labute approximate surface area is 116 Å². The van der Waals surface area contributed by atoms with Crippen molar-refractivity contribution in [3.8, 4) is 0 Å². The number of allylic oxidation sites excluding steroid dienone is 4. The van der Waals surface area contributed by atoms with Crippen molar-refractivity contribution >= 4 is 28.9 Å². The molecule has 1 aliphatic carbocycles. The van der Waals surface area contributed by atoms with E-state index in [4.69, 9.17) is 0 Å². The highest BCUT2D eigenvalue weighted by Crippen LogP contribution is 2.23. The van der Waals surface area contributed by atoms with Crippen molar-refractivity contribution < 1.29 is 4.79 Å². The number of rotatable bonds is 6. The molecule has 0 aromatic carbocycles. The highest BCUT2D eigenvalue weighted by atomic mass is 32.2. The normalized spacial score (nSPS) is 16.9. The van der Waals surface area contributed by atoms with Crippen LogP contribution >= 0.6 is 23.1 Å². The Morgan fingerprint density at radius 1 is 1.50 bits per heavy atom. The fourth-order valence-electron chi connectivity index (χ4n) is 1.90. The van der Waals surface area contributed by atoms with Crippen molar-refractivity contribution in [1.29, 1.82) is 0 Å². The van der Waals surface area contributed by atoms with E-state index in [1.54, 1.807) is 29.2 Å². The lowest BCUT2D eigenvalue weighted by Gasteiger charge is -1.97. The number of carbonyl (C=O) groups excluding carboxylic acids is 1. The minimum Gasteiger partial charge on any atom is -0.290 e. The Balaban J connectivity index is 1.66. The quantitative estimate of drug-likeness (QED) is 0.447. The van der Waals surface area contributed by atoms with Gasteiger partial charge in [-0.15, -0.1) is 11.3 Å². The predicted molar refractivity (Wildman–Crippen MR) is 78.3 cm³/mol. The highest BCUT2D eigenvalue weighted by molar-refractivity contribution is 8.00. The van der Waals surface area contributed by atoms with Gasteiger partial charge in [0.15, 0.2) is 5.78 Å². The topological polar surface area (TPSA) is 30.0 Å². The van der Waals surface area contributed by atoms with Crippen LogP contribution in [0.5, 0.6) is 0 Å². The van der Waals surface area contributed by atoms with Crippen LogP contribution in [0.15, 0.2) is 34.3 Å². The molecular formula is C14H17NOS2. The Bertz CT molecular complexity index is 474. The van der Waals surface area contributed by atoms with Crippen molar-refractivity contribution in [2.24, 2.45) is 0 Å². The molecule has 0 unspecified atom stereocenters. The average molecular weight is 279 g/mol. The molecular weight excluding hydrogens is 262 g/mol. The van der Waals surface area contributed by atoms with Crippen LogP contribution in [-0.2, 0) is 11.2 Å². The maximum Gasteiger partial charge on any atom is 0.181 e. The molecule has 1 aromatic heterocycles. The SMILES string of the molecule is CSc1ncc(CCCC/C=C2\CC=CC2=O)s1. The summed E-state index contributed by atoms with van der Waals surface area (Å²) in [7, 11) is 0. The molecule has 96 valence electrons. The first-order valence-electron chi connectivity index (χ1n) is 6.18. The summed E-state index contributed by atoms with van der Waals surface area (Å²) in [4.78, 5) is 17.0. The van der Waals surface area contributed by atoms with Crippen LogP contribution < -0.4 is 0 Å². The highest BCUT2D eigenvalue weighted by Gasteiger charge is 2.09. The maximum atomic E-state index is 11.3. The van der Waals surface area contributed by atoms with Gasteiger partial charge in [0.25, 0.3) is 0 Å². The van der Waals surface area contributed by atoms with E-state index in [9.17, 15) is 4.79 Å². The van der Waals surface area contributed by atoms with Crippen molar-refractivity contribution in [3.05, 3.63) is 34.9 Å². The second kappa shape index (κ2) is 6.90. The van der Waals surface area contributed by atoms with Crippen molar-refractivity contribution in [2.75, 3.05) is 6.26 Å². The smallest absolute Gasteiger partial charge is 0.181 e. The first kappa shape index (κ1) is 13.6. The van der Waals surface area contributed by atoms with Crippen LogP contribution in [0.2, 0.25) is 0 Å². The van der Waals surface area contributed by atoms with Crippen LogP contribution in [0.3, 0.4) is 0 Å². The van der Waals surface area contributed by atoms with E-state index in [0.29, 0.717) is 0 Å². The predicted octanol–water partition coefficient (Wildman–Crippen LogP) is 4.03. The summed E-state index contributed by atoms with van der Waals surface area (Å²) < 4.78 is 1.15. The molecule has 0 atom stereocenters.